The summed E-state index contributed by atoms with van der Waals surface area (Å²) in [7, 11) is 0. The second-order valence-electron chi connectivity index (χ2n) is 5.23. The fourth-order valence-electron chi connectivity index (χ4n) is 2.26. The fraction of sp³-hybridized carbons (Fsp3) is 0.533. The third-order valence-electron chi connectivity index (χ3n) is 3.28. The summed E-state index contributed by atoms with van der Waals surface area (Å²) in [4.78, 5) is 11.8. The summed E-state index contributed by atoms with van der Waals surface area (Å²) in [6.07, 6.45) is 0.341. The molecule has 0 fully saturated rings. The van der Waals surface area contributed by atoms with E-state index in [1.54, 1.807) is 0 Å². The van der Waals surface area contributed by atoms with Gasteiger partial charge in [-0.05, 0) is 23.6 Å². The van der Waals surface area contributed by atoms with Gasteiger partial charge in [0.05, 0.1) is 6.04 Å². The van der Waals surface area contributed by atoms with Crippen LogP contribution in [-0.2, 0) is 4.79 Å². The van der Waals surface area contributed by atoms with E-state index in [0.29, 0.717) is 26.2 Å². The molecule has 0 bridgehead atoms. The van der Waals surface area contributed by atoms with E-state index in [4.69, 9.17) is 15.2 Å². The third kappa shape index (κ3) is 3.42. The third-order valence-corrected chi connectivity index (χ3v) is 3.28. The van der Waals surface area contributed by atoms with Gasteiger partial charge in [0.15, 0.2) is 11.5 Å². The highest BCUT2D eigenvalue weighted by Gasteiger charge is 2.21. The van der Waals surface area contributed by atoms with Crippen LogP contribution in [0.2, 0.25) is 0 Å². The van der Waals surface area contributed by atoms with Crippen molar-refractivity contribution in [3.8, 4) is 11.5 Å². The standard InChI is InChI=1S/C15H22N2O3/c1-10(2)15(17-14(18)5-6-16)11-3-4-12-13(9-11)20-8-7-19-12/h3-4,9-10,15H,5-8,16H2,1-2H3,(H,17,18). The Labute approximate surface area is 119 Å². The molecule has 5 heteroatoms. The first kappa shape index (κ1) is 14.7. The number of ether oxygens (including phenoxy) is 2. The Hall–Kier alpha value is -1.75. The van der Waals surface area contributed by atoms with E-state index in [-0.39, 0.29) is 17.9 Å². The molecule has 1 amide bonds. The molecule has 0 spiro atoms. The first-order chi connectivity index (χ1) is 9.61. The van der Waals surface area contributed by atoms with Gasteiger partial charge in [-0.15, -0.1) is 0 Å². The monoisotopic (exact) mass is 278 g/mol. The van der Waals surface area contributed by atoms with Crippen LogP contribution in [0, 0.1) is 5.92 Å². The number of nitrogens with one attached hydrogen (secondary N) is 1. The molecule has 0 aromatic heterocycles. The lowest BCUT2D eigenvalue weighted by Gasteiger charge is -2.25. The highest BCUT2D eigenvalue weighted by Crippen LogP contribution is 2.34. The normalized spacial score (nSPS) is 15.0. The smallest absolute Gasteiger partial charge is 0.221 e. The van der Waals surface area contributed by atoms with Gasteiger partial charge in [-0.2, -0.15) is 0 Å². The molecule has 110 valence electrons. The first-order valence-electron chi connectivity index (χ1n) is 7.00. The molecule has 0 saturated heterocycles. The van der Waals surface area contributed by atoms with E-state index in [0.717, 1.165) is 17.1 Å². The summed E-state index contributed by atoms with van der Waals surface area (Å²) in [5.74, 6) is 1.75. The summed E-state index contributed by atoms with van der Waals surface area (Å²) in [6.45, 7) is 5.64. The van der Waals surface area contributed by atoms with Crippen molar-refractivity contribution < 1.29 is 14.3 Å². The number of rotatable bonds is 5. The van der Waals surface area contributed by atoms with E-state index in [1.807, 2.05) is 18.2 Å². The van der Waals surface area contributed by atoms with Gasteiger partial charge in [-0.25, -0.2) is 0 Å². The van der Waals surface area contributed by atoms with Crippen LogP contribution in [0.3, 0.4) is 0 Å². The Morgan fingerprint density at radius 3 is 2.65 bits per heavy atom. The van der Waals surface area contributed by atoms with Crippen LogP contribution in [0.5, 0.6) is 11.5 Å². The molecule has 5 nitrogen and oxygen atoms in total. The van der Waals surface area contributed by atoms with Gasteiger partial charge in [0, 0.05) is 13.0 Å². The van der Waals surface area contributed by atoms with Crippen LogP contribution >= 0.6 is 0 Å². The van der Waals surface area contributed by atoms with Crippen LogP contribution in [-0.4, -0.2) is 25.7 Å². The first-order valence-corrected chi connectivity index (χ1v) is 7.00. The summed E-state index contributed by atoms with van der Waals surface area (Å²) in [5, 5.41) is 3.03. The molecule has 1 aromatic carbocycles. The van der Waals surface area contributed by atoms with Crippen LogP contribution in [0.4, 0.5) is 0 Å². The molecule has 1 aromatic rings. The predicted molar refractivity (Wildman–Crippen MR) is 76.8 cm³/mol. The Morgan fingerprint density at radius 2 is 2.00 bits per heavy atom. The van der Waals surface area contributed by atoms with Crippen LogP contribution in [0.15, 0.2) is 18.2 Å². The Bertz CT molecular complexity index is 474. The number of hydrogen-bond acceptors (Lipinski definition) is 4. The van der Waals surface area contributed by atoms with Crippen molar-refractivity contribution in [3.63, 3.8) is 0 Å². The Morgan fingerprint density at radius 1 is 1.30 bits per heavy atom. The molecule has 3 N–H and O–H groups in total. The van der Waals surface area contributed by atoms with Crippen LogP contribution < -0.4 is 20.5 Å². The predicted octanol–water partition coefficient (Wildman–Crippen LogP) is 1.62. The minimum absolute atomic E-state index is 0.0268. The van der Waals surface area contributed by atoms with Crippen molar-refractivity contribution in [1.29, 1.82) is 0 Å². The van der Waals surface area contributed by atoms with Crippen molar-refractivity contribution in [3.05, 3.63) is 23.8 Å². The average Bonchev–Trinajstić information content (AvgIpc) is 2.44. The largest absolute Gasteiger partial charge is 0.486 e. The van der Waals surface area contributed by atoms with E-state index >= 15 is 0 Å². The van der Waals surface area contributed by atoms with Gasteiger partial charge in [0.1, 0.15) is 13.2 Å². The zero-order chi connectivity index (χ0) is 14.5. The minimum atomic E-state index is -0.0510. The van der Waals surface area contributed by atoms with Gasteiger partial charge in [-0.3, -0.25) is 4.79 Å². The minimum Gasteiger partial charge on any atom is -0.486 e. The lowest BCUT2D eigenvalue weighted by atomic mass is 9.95. The molecule has 0 radical (unpaired) electrons. The zero-order valence-electron chi connectivity index (χ0n) is 12.0. The summed E-state index contributed by atoms with van der Waals surface area (Å²) < 4.78 is 11.1. The maximum atomic E-state index is 11.8. The highest BCUT2D eigenvalue weighted by atomic mass is 16.6. The number of nitrogens with two attached hydrogens (primary N) is 1. The number of amides is 1. The topological polar surface area (TPSA) is 73.6 Å². The summed E-state index contributed by atoms with van der Waals surface area (Å²) in [6, 6.07) is 5.77. The van der Waals surface area contributed by atoms with Gasteiger partial charge < -0.3 is 20.5 Å². The lowest BCUT2D eigenvalue weighted by molar-refractivity contribution is -0.122. The SMILES string of the molecule is CC(C)C(NC(=O)CCN)c1ccc2c(c1)OCCO2. The molecule has 1 atom stereocenters. The van der Waals surface area contributed by atoms with Crippen molar-refractivity contribution in [2.45, 2.75) is 26.3 Å². The molecule has 1 aliphatic heterocycles. The van der Waals surface area contributed by atoms with Crippen molar-refractivity contribution in [1.82, 2.24) is 5.32 Å². The van der Waals surface area contributed by atoms with Crippen molar-refractivity contribution in [2.24, 2.45) is 11.7 Å². The summed E-state index contributed by atoms with van der Waals surface area (Å²) >= 11 is 0. The number of benzene rings is 1. The highest BCUT2D eigenvalue weighted by molar-refractivity contribution is 5.76. The molecule has 0 saturated carbocycles. The quantitative estimate of drug-likeness (QED) is 0.858. The fourth-order valence-corrected chi connectivity index (χ4v) is 2.26. The second-order valence-corrected chi connectivity index (χ2v) is 5.23. The number of carbonyl (C=O) groups is 1. The molecule has 1 aliphatic rings. The van der Waals surface area contributed by atoms with E-state index in [1.165, 1.54) is 0 Å². The molecule has 0 aliphatic carbocycles. The Kier molecular flexibility index (Phi) is 4.84. The van der Waals surface area contributed by atoms with Gasteiger partial charge in [-0.1, -0.05) is 19.9 Å². The maximum absolute atomic E-state index is 11.8. The van der Waals surface area contributed by atoms with E-state index in [2.05, 4.69) is 19.2 Å². The number of fused-ring (bicyclic) bond motifs is 1. The number of carbonyl (C=O) groups excluding carboxylic acids is 1. The van der Waals surface area contributed by atoms with Gasteiger partial charge >= 0.3 is 0 Å². The zero-order valence-corrected chi connectivity index (χ0v) is 12.0. The molecule has 20 heavy (non-hydrogen) atoms. The lowest BCUT2D eigenvalue weighted by Crippen LogP contribution is -2.33. The Balaban J connectivity index is 2.18. The number of hydrogen-bond donors (Lipinski definition) is 2. The van der Waals surface area contributed by atoms with Crippen LogP contribution in [0.1, 0.15) is 31.9 Å². The molecular weight excluding hydrogens is 256 g/mol. The molecule has 2 rings (SSSR count). The molecular formula is C15H22N2O3. The van der Waals surface area contributed by atoms with Crippen LogP contribution in [0.25, 0.3) is 0 Å². The van der Waals surface area contributed by atoms with Gasteiger partial charge in [0.2, 0.25) is 5.91 Å². The average molecular weight is 278 g/mol. The second kappa shape index (κ2) is 6.61. The van der Waals surface area contributed by atoms with Crippen molar-refractivity contribution in [2.75, 3.05) is 19.8 Å². The molecule has 1 heterocycles. The molecule has 1 unspecified atom stereocenters. The van der Waals surface area contributed by atoms with E-state index in [9.17, 15) is 4.79 Å². The van der Waals surface area contributed by atoms with Crippen molar-refractivity contribution >= 4 is 5.91 Å². The summed E-state index contributed by atoms with van der Waals surface area (Å²) in [5.41, 5.74) is 6.44. The maximum Gasteiger partial charge on any atom is 0.221 e. The van der Waals surface area contributed by atoms with Gasteiger partial charge in [0.25, 0.3) is 0 Å². The van der Waals surface area contributed by atoms with E-state index < -0.39 is 0 Å².